The summed E-state index contributed by atoms with van der Waals surface area (Å²) in [6, 6.07) is 0. The quantitative estimate of drug-likeness (QED) is 0.527. The van der Waals surface area contributed by atoms with E-state index in [9.17, 15) is 9.59 Å². The largest absolute Gasteiger partial charge is 0.332 e. The Hall–Kier alpha value is -1.96. The summed E-state index contributed by atoms with van der Waals surface area (Å²) in [5.41, 5.74) is 2.36. The van der Waals surface area contributed by atoms with Crippen molar-refractivity contribution in [2.45, 2.75) is 0 Å². The summed E-state index contributed by atoms with van der Waals surface area (Å²) >= 11 is 0. The topological polar surface area (TPSA) is 92.1 Å². The second-order valence-electron chi connectivity index (χ2n) is 3.35. The van der Waals surface area contributed by atoms with Crippen LogP contribution in [0.15, 0.2) is 12.7 Å². The molecule has 0 radical (unpaired) electrons. The maximum atomic E-state index is 11.7. The van der Waals surface area contributed by atoms with Gasteiger partial charge in [-0.2, -0.15) is 0 Å². The van der Waals surface area contributed by atoms with Crippen LogP contribution in [0.4, 0.5) is 0 Å². The Morgan fingerprint density at radius 2 is 1.81 bits per heavy atom. The molecule has 1 aromatic heterocycles. The van der Waals surface area contributed by atoms with Gasteiger partial charge in [-0.1, -0.05) is 0 Å². The first kappa shape index (κ1) is 10.6. The number of carbonyl (C=O) groups excluding carboxylic acids is 2. The van der Waals surface area contributed by atoms with E-state index in [4.69, 9.17) is 0 Å². The van der Waals surface area contributed by atoms with E-state index in [1.165, 1.54) is 22.2 Å². The summed E-state index contributed by atoms with van der Waals surface area (Å²) < 4.78 is 1.24. The second-order valence-corrected chi connectivity index (χ2v) is 3.35. The highest BCUT2D eigenvalue weighted by atomic mass is 16.2. The molecule has 1 aromatic rings. The van der Waals surface area contributed by atoms with Crippen molar-refractivity contribution in [3.05, 3.63) is 12.7 Å². The molecule has 8 heteroatoms. The van der Waals surface area contributed by atoms with Crippen LogP contribution >= 0.6 is 0 Å². The maximum absolute atomic E-state index is 11.7. The molecule has 1 aliphatic heterocycles. The monoisotopic (exact) mass is 224 g/mol. The number of hydrogen-bond donors (Lipinski definition) is 2. The summed E-state index contributed by atoms with van der Waals surface area (Å²) in [7, 11) is 0. The number of nitrogens with zero attached hydrogens (tertiary/aromatic N) is 4. The number of piperazine rings is 1. The van der Waals surface area contributed by atoms with Gasteiger partial charge in [0.2, 0.25) is 0 Å². The van der Waals surface area contributed by atoms with E-state index in [0.717, 1.165) is 0 Å². The minimum Gasteiger partial charge on any atom is -0.332 e. The fraction of sp³-hybridized carbons (Fsp3) is 0.500. The molecule has 1 saturated heterocycles. The third-order valence-electron chi connectivity index (χ3n) is 2.25. The minimum atomic E-state index is -0.679. The van der Waals surface area contributed by atoms with Crippen LogP contribution in [0.2, 0.25) is 0 Å². The molecule has 0 spiro atoms. The van der Waals surface area contributed by atoms with Crippen LogP contribution in [-0.4, -0.2) is 57.8 Å². The van der Waals surface area contributed by atoms with E-state index in [1.54, 1.807) is 0 Å². The first-order valence-electron chi connectivity index (χ1n) is 4.93. The Labute approximate surface area is 91.6 Å². The van der Waals surface area contributed by atoms with E-state index in [2.05, 4.69) is 20.9 Å². The van der Waals surface area contributed by atoms with Crippen LogP contribution in [0.5, 0.6) is 0 Å². The van der Waals surface area contributed by atoms with Crippen molar-refractivity contribution in [2.75, 3.05) is 31.6 Å². The molecule has 0 aliphatic carbocycles. The SMILES string of the molecule is O=C(Nn1cnnc1)C(=O)N1CCNCC1. The van der Waals surface area contributed by atoms with Crippen molar-refractivity contribution < 1.29 is 9.59 Å². The van der Waals surface area contributed by atoms with Gasteiger partial charge in [-0.15, -0.1) is 10.2 Å². The second kappa shape index (κ2) is 4.71. The number of hydrogen-bond acceptors (Lipinski definition) is 5. The molecule has 86 valence electrons. The molecule has 2 rings (SSSR count). The molecule has 16 heavy (non-hydrogen) atoms. The molecule has 0 saturated carbocycles. The highest BCUT2D eigenvalue weighted by Gasteiger charge is 2.23. The lowest BCUT2D eigenvalue weighted by atomic mass is 10.3. The first-order valence-corrected chi connectivity index (χ1v) is 4.93. The molecule has 1 fully saturated rings. The fourth-order valence-electron chi connectivity index (χ4n) is 1.44. The Kier molecular flexibility index (Phi) is 3.10. The number of amides is 2. The number of nitrogens with one attached hydrogen (secondary N) is 2. The van der Waals surface area contributed by atoms with Crippen LogP contribution in [0.25, 0.3) is 0 Å². The summed E-state index contributed by atoms with van der Waals surface area (Å²) in [5, 5.41) is 10.1. The van der Waals surface area contributed by atoms with Crippen molar-refractivity contribution in [3.63, 3.8) is 0 Å². The Morgan fingerprint density at radius 1 is 1.19 bits per heavy atom. The predicted molar refractivity (Wildman–Crippen MR) is 53.8 cm³/mol. The third kappa shape index (κ3) is 2.34. The molecule has 8 nitrogen and oxygen atoms in total. The van der Waals surface area contributed by atoms with Gasteiger partial charge in [0.15, 0.2) is 0 Å². The summed E-state index contributed by atoms with van der Waals surface area (Å²) in [6.07, 6.45) is 2.62. The molecule has 0 unspecified atom stereocenters. The van der Waals surface area contributed by atoms with E-state index >= 15 is 0 Å². The Bertz CT molecular complexity index is 370. The zero-order valence-corrected chi connectivity index (χ0v) is 8.59. The van der Waals surface area contributed by atoms with E-state index < -0.39 is 11.8 Å². The van der Waals surface area contributed by atoms with Gasteiger partial charge < -0.3 is 10.2 Å². The van der Waals surface area contributed by atoms with E-state index in [0.29, 0.717) is 26.2 Å². The minimum absolute atomic E-state index is 0.532. The molecule has 0 atom stereocenters. The van der Waals surface area contributed by atoms with Crippen LogP contribution in [0.3, 0.4) is 0 Å². The zero-order chi connectivity index (χ0) is 11.4. The van der Waals surface area contributed by atoms with Crippen LogP contribution in [-0.2, 0) is 9.59 Å². The first-order chi connectivity index (χ1) is 7.77. The highest BCUT2D eigenvalue weighted by Crippen LogP contribution is 1.94. The Morgan fingerprint density at radius 3 is 2.44 bits per heavy atom. The lowest BCUT2D eigenvalue weighted by Crippen LogP contribution is -2.50. The van der Waals surface area contributed by atoms with Gasteiger partial charge in [0.1, 0.15) is 12.7 Å². The van der Waals surface area contributed by atoms with Crippen molar-refractivity contribution >= 4 is 11.8 Å². The molecule has 2 N–H and O–H groups in total. The summed E-state index contributed by atoms with van der Waals surface area (Å²) in [6.45, 7) is 2.53. The molecular weight excluding hydrogens is 212 g/mol. The smallest absolute Gasteiger partial charge is 0.328 e. The van der Waals surface area contributed by atoms with Crippen molar-refractivity contribution in [1.29, 1.82) is 0 Å². The number of rotatable bonds is 1. The average molecular weight is 224 g/mol. The van der Waals surface area contributed by atoms with Gasteiger partial charge in [0, 0.05) is 26.2 Å². The maximum Gasteiger partial charge on any atom is 0.328 e. The molecular formula is C8H12N6O2. The fourth-order valence-corrected chi connectivity index (χ4v) is 1.44. The molecule has 2 amide bonds. The summed E-state index contributed by atoms with van der Waals surface area (Å²) in [4.78, 5) is 24.7. The number of carbonyl (C=O) groups is 2. The zero-order valence-electron chi connectivity index (χ0n) is 8.59. The lowest BCUT2D eigenvalue weighted by molar-refractivity contribution is -0.144. The summed E-state index contributed by atoms with van der Waals surface area (Å²) in [5.74, 6) is -1.21. The third-order valence-corrected chi connectivity index (χ3v) is 2.25. The molecule has 2 heterocycles. The highest BCUT2D eigenvalue weighted by molar-refractivity contribution is 6.38. The Balaban J connectivity index is 1.91. The van der Waals surface area contributed by atoms with Gasteiger partial charge in [-0.05, 0) is 0 Å². The molecule has 1 aliphatic rings. The predicted octanol–water partition coefficient (Wildman–Crippen LogP) is -2.22. The van der Waals surface area contributed by atoms with Gasteiger partial charge >= 0.3 is 11.8 Å². The molecule has 0 aromatic carbocycles. The van der Waals surface area contributed by atoms with Crippen molar-refractivity contribution in [3.8, 4) is 0 Å². The van der Waals surface area contributed by atoms with Gasteiger partial charge in [0.05, 0.1) is 0 Å². The van der Waals surface area contributed by atoms with E-state index in [-0.39, 0.29) is 0 Å². The average Bonchev–Trinajstić information content (AvgIpc) is 2.82. The van der Waals surface area contributed by atoms with Gasteiger partial charge in [-0.3, -0.25) is 15.0 Å². The standard InChI is InChI=1S/C8H12N6O2/c15-7(12-14-5-10-11-6-14)8(16)13-3-1-9-2-4-13/h5-6,9H,1-4H2,(H,12,15). The normalized spacial score (nSPS) is 15.9. The van der Waals surface area contributed by atoms with Crippen molar-refractivity contribution in [2.24, 2.45) is 0 Å². The van der Waals surface area contributed by atoms with Crippen LogP contribution < -0.4 is 10.7 Å². The van der Waals surface area contributed by atoms with Crippen molar-refractivity contribution in [1.82, 2.24) is 25.1 Å². The lowest BCUT2D eigenvalue weighted by Gasteiger charge is -2.26. The van der Waals surface area contributed by atoms with Gasteiger partial charge in [0.25, 0.3) is 0 Å². The van der Waals surface area contributed by atoms with E-state index in [1.807, 2.05) is 0 Å². The molecule has 0 bridgehead atoms. The van der Waals surface area contributed by atoms with Gasteiger partial charge in [-0.25, -0.2) is 4.68 Å². The number of aromatic nitrogens is 3. The van der Waals surface area contributed by atoms with Crippen LogP contribution in [0.1, 0.15) is 0 Å². The van der Waals surface area contributed by atoms with Crippen LogP contribution in [0, 0.1) is 0 Å².